The van der Waals surface area contributed by atoms with Gasteiger partial charge in [-0.3, -0.25) is 10.1 Å². The molecule has 0 spiro atoms. The molecule has 0 saturated carbocycles. The lowest BCUT2D eigenvalue weighted by Crippen LogP contribution is -2.47. The minimum absolute atomic E-state index is 0.00244. The third kappa shape index (κ3) is 3.87. The fourth-order valence-corrected chi connectivity index (χ4v) is 3.04. The van der Waals surface area contributed by atoms with E-state index >= 15 is 0 Å². The van der Waals surface area contributed by atoms with Crippen LogP contribution in [-0.4, -0.2) is 40.1 Å². The van der Waals surface area contributed by atoms with Gasteiger partial charge in [-0.15, -0.1) is 11.3 Å². The van der Waals surface area contributed by atoms with E-state index in [0.717, 1.165) is 5.38 Å². The summed E-state index contributed by atoms with van der Waals surface area (Å²) in [4.78, 5) is 27.7. The van der Waals surface area contributed by atoms with Crippen molar-refractivity contribution in [1.29, 1.82) is 0 Å². The summed E-state index contributed by atoms with van der Waals surface area (Å²) in [6.45, 7) is 2.21. The van der Waals surface area contributed by atoms with Gasteiger partial charge in [0, 0.05) is 18.5 Å². The number of carbonyl (C=O) groups is 2. The molecule has 0 aliphatic carbocycles. The average molecular weight is 337 g/mol. The Labute approximate surface area is 127 Å². The lowest BCUT2D eigenvalue weighted by molar-refractivity contribution is -0.144. The van der Waals surface area contributed by atoms with Crippen LogP contribution in [0.5, 0.6) is 0 Å². The predicted octanol–water partition coefficient (Wildman–Crippen LogP) is 2.74. The van der Waals surface area contributed by atoms with E-state index in [4.69, 9.17) is 5.11 Å². The van der Waals surface area contributed by atoms with E-state index in [1.807, 2.05) is 6.92 Å². The summed E-state index contributed by atoms with van der Waals surface area (Å²) in [6, 6.07) is -0.638. The Balaban J connectivity index is 2.02. The van der Waals surface area contributed by atoms with Gasteiger partial charge in [0.05, 0.1) is 5.92 Å². The minimum atomic E-state index is -4.56. The van der Waals surface area contributed by atoms with Gasteiger partial charge in [-0.05, 0) is 12.3 Å². The van der Waals surface area contributed by atoms with E-state index in [0.29, 0.717) is 24.3 Å². The first-order valence-electron chi connectivity index (χ1n) is 6.48. The third-order valence-corrected chi connectivity index (χ3v) is 4.06. The predicted molar refractivity (Wildman–Crippen MR) is 72.6 cm³/mol. The molecule has 2 rings (SSSR count). The molecule has 10 heteroatoms. The summed E-state index contributed by atoms with van der Waals surface area (Å²) in [7, 11) is 0. The van der Waals surface area contributed by atoms with Crippen molar-refractivity contribution in [3.63, 3.8) is 0 Å². The molecule has 1 fully saturated rings. The number of carboxylic acid groups (broad SMARTS) is 1. The van der Waals surface area contributed by atoms with Crippen LogP contribution in [-0.2, 0) is 11.0 Å². The zero-order chi connectivity index (χ0) is 16.5. The van der Waals surface area contributed by atoms with Crippen molar-refractivity contribution in [2.75, 3.05) is 18.4 Å². The molecule has 2 heterocycles. The van der Waals surface area contributed by atoms with Crippen LogP contribution in [0.3, 0.4) is 0 Å². The summed E-state index contributed by atoms with van der Waals surface area (Å²) in [5.74, 6) is -1.66. The van der Waals surface area contributed by atoms with Crippen LogP contribution in [0.1, 0.15) is 19.0 Å². The highest BCUT2D eigenvalue weighted by molar-refractivity contribution is 7.13. The van der Waals surface area contributed by atoms with Crippen molar-refractivity contribution in [3.05, 3.63) is 11.1 Å². The van der Waals surface area contributed by atoms with Crippen LogP contribution in [0, 0.1) is 11.8 Å². The molecule has 2 N–H and O–H groups in total. The minimum Gasteiger partial charge on any atom is -0.481 e. The molecule has 6 nitrogen and oxygen atoms in total. The molecule has 1 aliphatic heterocycles. The number of piperidine rings is 1. The molecule has 2 atom stereocenters. The second kappa shape index (κ2) is 6.11. The molecule has 2 unspecified atom stereocenters. The third-order valence-electron chi connectivity index (χ3n) is 3.30. The standard InChI is InChI=1S/C12H14F3N3O3S/c1-6-2-7(9(19)20)4-18(3-6)11(21)17-10-16-8(5-22-10)12(13,14)15/h5-7H,2-4H2,1H3,(H,19,20)(H,16,17,21). The second-order valence-electron chi connectivity index (χ2n) is 5.25. The van der Waals surface area contributed by atoms with Crippen molar-refractivity contribution >= 4 is 28.5 Å². The summed E-state index contributed by atoms with van der Waals surface area (Å²) < 4.78 is 37.3. The van der Waals surface area contributed by atoms with E-state index in [2.05, 4.69) is 10.3 Å². The highest BCUT2D eigenvalue weighted by Crippen LogP contribution is 2.32. The van der Waals surface area contributed by atoms with Crippen LogP contribution in [0.25, 0.3) is 0 Å². The number of urea groups is 1. The van der Waals surface area contributed by atoms with Gasteiger partial charge in [-0.2, -0.15) is 13.2 Å². The number of hydrogen-bond donors (Lipinski definition) is 2. The van der Waals surface area contributed by atoms with Gasteiger partial charge in [0.25, 0.3) is 0 Å². The number of nitrogens with zero attached hydrogens (tertiary/aromatic N) is 2. The first kappa shape index (κ1) is 16.5. The quantitative estimate of drug-likeness (QED) is 0.869. The lowest BCUT2D eigenvalue weighted by Gasteiger charge is -2.34. The van der Waals surface area contributed by atoms with E-state index in [1.54, 1.807) is 0 Å². The van der Waals surface area contributed by atoms with Gasteiger partial charge >= 0.3 is 18.2 Å². The highest BCUT2D eigenvalue weighted by atomic mass is 32.1. The topological polar surface area (TPSA) is 82.5 Å². The Morgan fingerprint density at radius 3 is 2.68 bits per heavy atom. The lowest BCUT2D eigenvalue weighted by atomic mass is 9.91. The number of aliphatic carboxylic acids is 1. The molecular weight excluding hydrogens is 323 g/mol. The first-order chi connectivity index (χ1) is 10.2. The molecule has 1 aliphatic rings. The second-order valence-corrected chi connectivity index (χ2v) is 6.10. The van der Waals surface area contributed by atoms with Gasteiger partial charge < -0.3 is 10.0 Å². The number of halogens is 3. The Kier molecular flexibility index (Phi) is 4.59. The fraction of sp³-hybridized carbons (Fsp3) is 0.583. The molecule has 1 aromatic rings. The van der Waals surface area contributed by atoms with Gasteiger partial charge in [-0.1, -0.05) is 6.92 Å². The molecular formula is C12H14F3N3O3S. The summed E-state index contributed by atoms with van der Waals surface area (Å²) >= 11 is 0.671. The average Bonchev–Trinajstić information content (AvgIpc) is 2.86. The van der Waals surface area contributed by atoms with Gasteiger partial charge in [-0.25, -0.2) is 9.78 Å². The Bertz CT molecular complexity index is 575. The fourth-order valence-electron chi connectivity index (χ4n) is 2.33. The number of nitrogens with one attached hydrogen (secondary N) is 1. The van der Waals surface area contributed by atoms with Crippen LogP contribution in [0.4, 0.5) is 23.1 Å². The molecule has 22 heavy (non-hydrogen) atoms. The smallest absolute Gasteiger partial charge is 0.434 e. The number of carbonyl (C=O) groups excluding carboxylic acids is 1. The number of alkyl halides is 3. The number of likely N-dealkylation sites (tertiary alicyclic amines) is 1. The molecule has 122 valence electrons. The molecule has 0 radical (unpaired) electrons. The number of rotatable bonds is 2. The maximum Gasteiger partial charge on any atom is 0.434 e. The number of aromatic nitrogens is 1. The number of anilines is 1. The normalized spacial score (nSPS) is 22.5. The van der Waals surface area contributed by atoms with E-state index in [1.165, 1.54) is 4.90 Å². The maximum atomic E-state index is 12.4. The van der Waals surface area contributed by atoms with Crippen LogP contribution in [0.2, 0.25) is 0 Å². The van der Waals surface area contributed by atoms with Crippen molar-refractivity contribution in [2.24, 2.45) is 11.8 Å². The largest absolute Gasteiger partial charge is 0.481 e. The Morgan fingerprint density at radius 1 is 1.45 bits per heavy atom. The zero-order valence-corrected chi connectivity index (χ0v) is 12.4. The van der Waals surface area contributed by atoms with E-state index in [-0.39, 0.29) is 17.6 Å². The monoisotopic (exact) mass is 337 g/mol. The molecule has 0 bridgehead atoms. The summed E-state index contributed by atoms with van der Waals surface area (Å²) in [5.41, 5.74) is -1.07. The maximum absolute atomic E-state index is 12.4. The zero-order valence-electron chi connectivity index (χ0n) is 11.6. The SMILES string of the molecule is CC1CC(C(=O)O)CN(C(=O)Nc2nc(C(F)(F)F)cs2)C1. The first-order valence-corrected chi connectivity index (χ1v) is 7.36. The van der Waals surface area contributed by atoms with Crippen molar-refractivity contribution in [3.8, 4) is 0 Å². The summed E-state index contributed by atoms with van der Waals surface area (Å²) in [6.07, 6.45) is -4.10. The summed E-state index contributed by atoms with van der Waals surface area (Å²) in [5, 5.41) is 12.0. The Morgan fingerprint density at radius 2 is 2.14 bits per heavy atom. The Hall–Kier alpha value is -1.84. The van der Waals surface area contributed by atoms with Crippen LogP contribution in [0.15, 0.2) is 5.38 Å². The number of amides is 2. The number of hydrogen-bond acceptors (Lipinski definition) is 4. The highest BCUT2D eigenvalue weighted by Gasteiger charge is 2.35. The number of carboxylic acids is 1. The molecule has 0 aromatic carbocycles. The van der Waals surface area contributed by atoms with Crippen molar-refractivity contribution in [1.82, 2.24) is 9.88 Å². The van der Waals surface area contributed by atoms with Crippen LogP contribution >= 0.6 is 11.3 Å². The molecule has 2 amide bonds. The van der Waals surface area contributed by atoms with Crippen LogP contribution < -0.4 is 5.32 Å². The van der Waals surface area contributed by atoms with E-state index < -0.39 is 29.8 Å². The van der Waals surface area contributed by atoms with Gasteiger partial charge in [0.15, 0.2) is 10.8 Å². The van der Waals surface area contributed by atoms with Crippen molar-refractivity contribution < 1.29 is 27.9 Å². The van der Waals surface area contributed by atoms with Crippen molar-refractivity contribution in [2.45, 2.75) is 19.5 Å². The molecule has 1 saturated heterocycles. The van der Waals surface area contributed by atoms with Gasteiger partial charge in [0.1, 0.15) is 0 Å². The van der Waals surface area contributed by atoms with Gasteiger partial charge in [0.2, 0.25) is 0 Å². The number of thiazole rings is 1. The molecule has 1 aromatic heterocycles. The van der Waals surface area contributed by atoms with E-state index in [9.17, 15) is 22.8 Å².